The summed E-state index contributed by atoms with van der Waals surface area (Å²) in [6.45, 7) is 5.86. The number of hydrogen-bond donors (Lipinski definition) is 1. The predicted octanol–water partition coefficient (Wildman–Crippen LogP) is 3.35. The van der Waals surface area contributed by atoms with Crippen molar-refractivity contribution in [1.29, 1.82) is 0 Å². The zero-order valence-corrected chi connectivity index (χ0v) is 15.0. The van der Waals surface area contributed by atoms with Gasteiger partial charge in [0.05, 0.1) is 10.9 Å². The lowest BCUT2D eigenvalue weighted by Gasteiger charge is -2.11. The minimum absolute atomic E-state index is 0.0355. The number of aromatic hydroxyl groups is 1. The first-order valence-corrected chi connectivity index (χ1v) is 8.69. The van der Waals surface area contributed by atoms with Crippen LogP contribution in [0, 0.1) is 13.8 Å². The molecular formula is C18H18N4O2S. The molecule has 1 heterocycles. The summed E-state index contributed by atoms with van der Waals surface area (Å²) >= 11 is 1.30. The van der Waals surface area contributed by atoms with Gasteiger partial charge in [-0.3, -0.25) is 4.79 Å². The van der Waals surface area contributed by atoms with Crippen molar-refractivity contribution < 1.29 is 9.90 Å². The lowest BCUT2D eigenvalue weighted by Crippen LogP contribution is -2.15. The van der Waals surface area contributed by atoms with Crippen molar-refractivity contribution in [2.75, 3.05) is 0 Å². The van der Waals surface area contributed by atoms with E-state index in [-0.39, 0.29) is 16.8 Å². The number of ketones is 1. The molecule has 6 nitrogen and oxygen atoms in total. The van der Waals surface area contributed by atoms with Crippen LogP contribution < -0.4 is 0 Å². The number of carbonyl (C=O) groups excluding carboxylic acids is 1. The van der Waals surface area contributed by atoms with E-state index in [1.807, 2.05) is 39.0 Å². The average molecular weight is 354 g/mol. The first-order valence-electron chi connectivity index (χ1n) is 7.81. The van der Waals surface area contributed by atoms with Gasteiger partial charge in [-0.25, -0.2) is 0 Å². The number of hydrogen-bond acceptors (Lipinski definition) is 6. The first-order chi connectivity index (χ1) is 12.0. The SMILES string of the molecule is Cc1ccc(C(=O)[C@H](C)Sc2nnnn2-c2ccc(O)cc2)cc1C. The fraction of sp³-hybridized carbons (Fsp3) is 0.222. The molecule has 0 amide bonds. The molecule has 1 atom stereocenters. The van der Waals surface area contributed by atoms with Crippen molar-refractivity contribution in [3.05, 3.63) is 59.2 Å². The number of phenols is 1. The monoisotopic (exact) mass is 354 g/mol. The van der Waals surface area contributed by atoms with E-state index in [1.54, 1.807) is 28.9 Å². The number of phenolic OH excluding ortho intramolecular Hbond substituents is 1. The van der Waals surface area contributed by atoms with Gasteiger partial charge in [0.2, 0.25) is 5.16 Å². The molecule has 0 bridgehead atoms. The van der Waals surface area contributed by atoms with Crippen LogP contribution in [0.1, 0.15) is 28.4 Å². The van der Waals surface area contributed by atoms with Crippen LogP contribution in [0.5, 0.6) is 5.75 Å². The Bertz CT molecular complexity index is 906. The normalized spacial score (nSPS) is 12.1. The molecule has 0 saturated heterocycles. The number of Topliss-reactive ketones (excluding diaryl/α,β-unsaturated/α-hetero) is 1. The zero-order chi connectivity index (χ0) is 18.0. The topological polar surface area (TPSA) is 80.9 Å². The van der Waals surface area contributed by atoms with Crippen molar-refractivity contribution in [3.63, 3.8) is 0 Å². The lowest BCUT2D eigenvalue weighted by atomic mass is 10.0. The van der Waals surface area contributed by atoms with Crippen LogP contribution in [0.3, 0.4) is 0 Å². The molecule has 0 saturated carbocycles. The van der Waals surface area contributed by atoms with Gasteiger partial charge in [0.25, 0.3) is 0 Å². The molecule has 0 radical (unpaired) electrons. The number of tetrazole rings is 1. The Morgan fingerprint density at radius 2 is 1.84 bits per heavy atom. The summed E-state index contributed by atoms with van der Waals surface area (Å²) in [5, 5.41) is 21.3. The number of benzene rings is 2. The van der Waals surface area contributed by atoms with Gasteiger partial charge in [0.1, 0.15) is 5.75 Å². The quantitative estimate of drug-likeness (QED) is 0.559. The van der Waals surface area contributed by atoms with Crippen LogP contribution in [-0.2, 0) is 0 Å². The van der Waals surface area contributed by atoms with E-state index in [2.05, 4.69) is 15.5 Å². The molecule has 3 aromatic rings. The van der Waals surface area contributed by atoms with Gasteiger partial charge >= 0.3 is 0 Å². The molecular weight excluding hydrogens is 336 g/mol. The van der Waals surface area contributed by atoms with E-state index in [0.29, 0.717) is 10.7 Å². The molecule has 7 heteroatoms. The Morgan fingerprint density at radius 3 is 2.52 bits per heavy atom. The van der Waals surface area contributed by atoms with Crippen molar-refractivity contribution in [1.82, 2.24) is 20.2 Å². The molecule has 128 valence electrons. The maximum absolute atomic E-state index is 12.7. The van der Waals surface area contributed by atoms with Gasteiger partial charge in [0, 0.05) is 5.56 Å². The standard InChI is InChI=1S/C18H18N4O2S/c1-11-4-5-14(10-12(11)2)17(24)13(3)25-18-19-20-21-22(18)15-6-8-16(23)9-7-15/h4-10,13,23H,1-3H3/t13-/m0/s1. The van der Waals surface area contributed by atoms with E-state index in [9.17, 15) is 9.90 Å². The van der Waals surface area contributed by atoms with E-state index in [1.165, 1.54) is 11.8 Å². The van der Waals surface area contributed by atoms with Gasteiger partial charge < -0.3 is 5.11 Å². The van der Waals surface area contributed by atoms with Crippen LogP contribution in [0.25, 0.3) is 5.69 Å². The summed E-state index contributed by atoms with van der Waals surface area (Å²) in [5.41, 5.74) is 3.66. The van der Waals surface area contributed by atoms with Crippen LogP contribution in [0.2, 0.25) is 0 Å². The fourth-order valence-electron chi connectivity index (χ4n) is 2.35. The lowest BCUT2D eigenvalue weighted by molar-refractivity contribution is 0.0993. The summed E-state index contributed by atoms with van der Waals surface area (Å²) < 4.78 is 1.55. The maximum Gasteiger partial charge on any atom is 0.214 e. The third-order valence-electron chi connectivity index (χ3n) is 3.98. The molecule has 0 spiro atoms. The predicted molar refractivity (Wildman–Crippen MR) is 96.4 cm³/mol. The Hall–Kier alpha value is -2.67. The highest BCUT2D eigenvalue weighted by Crippen LogP contribution is 2.26. The average Bonchev–Trinajstić information content (AvgIpc) is 3.05. The highest BCUT2D eigenvalue weighted by Gasteiger charge is 2.20. The molecule has 0 aliphatic rings. The van der Waals surface area contributed by atoms with Crippen molar-refractivity contribution in [2.24, 2.45) is 0 Å². The minimum Gasteiger partial charge on any atom is -0.508 e. The number of nitrogens with zero attached hydrogens (tertiary/aromatic N) is 4. The van der Waals surface area contributed by atoms with Gasteiger partial charge in [-0.1, -0.05) is 23.9 Å². The second kappa shape index (κ2) is 7.06. The maximum atomic E-state index is 12.7. The minimum atomic E-state index is -0.330. The smallest absolute Gasteiger partial charge is 0.214 e. The largest absolute Gasteiger partial charge is 0.508 e. The summed E-state index contributed by atoms with van der Waals surface area (Å²) in [5.74, 6) is 0.206. The van der Waals surface area contributed by atoms with Gasteiger partial charge in [0.15, 0.2) is 5.78 Å². The van der Waals surface area contributed by atoms with Crippen LogP contribution in [0.4, 0.5) is 0 Å². The van der Waals surface area contributed by atoms with Crippen molar-refractivity contribution in [2.45, 2.75) is 31.2 Å². The number of thioether (sulfide) groups is 1. The third-order valence-corrected chi connectivity index (χ3v) is 5.01. The fourth-order valence-corrected chi connectivity index (χ4v) is 3.23. The Kier molecular flexibility index (Phi) is 4.85. The Balaban J connectivity index is 1.80. The summed E-state index contributed by atoms with van der Waals surface area (Å²) in [7, 11) is 0. The highest BCUT2D eigenvalue weighted by atomic mass is 32.2. The summed E-state index contributed by atoms with van der Waals surface area (Å²) in [4.78, 5) is 12.7. The number of aryl methyl sites for hydroxylation is 2. The molecule has 0 aliphatic heterocycles. The van der Waals surface area contributed by atoms with E-state index < -0.39 is 0 Å². The Labute approximate surface area is 149 Å². The molecule has 1 N–H and O–H groups in total. The van der Waals surface area contributed by atoms with Gasteiger partial charge in [-0.05, 0) is 72.7 Å². The Morgan fingerprint density at radius 1 is 1.12 bits per heavy atom. The molecule has 25 heavy (non-hydrogen) atoms. The number of carbonyl (C=O) groups is 1. The zero-order valence-electron chi connectivity index (χ0n) is 14.2. The highest BCUT2D eigenvalue weighted by molar-refractivity contribution is 8.00. The van der Waals surface area contributed by atoms with E-state index >= 15 is 0 Å². The number of aromatic nitrogens is 4. The second-order valence-electron chi connectivity index (χ2n) is 5.81. The van der Waals surface area contributed by atoms with Crippen LogP contribution in [-0.4, -0.2) is 36.3 Å². The van der Waals surface area contributed by atoms with Crippen LogP contribution in [0.15, 0.2) is 47.6 Å². The summed E-state index contributed by atoms with van der Waals surface area (Å²) in [6.07, 6.45) is 0. The van der Waals surface area contributed by atoms with E-state index in [4.69, 9.17) is 0 Å². The molecule has 2 aromatic carbocycles. The molecule has 0 aliphatic carbocycles. The first kappa shape index (κ1) is 17.2. The van der Waals surface area contributed by atoms with Crippen molar-refractivity contribution in [3.8, 4) is 11.4 Å². The number of rotatable bonds is 5. The summed E-state index contributed by atoms with van der Waals surface area (Å²) in [6, 6.07) is 12.3. The van der Waals surface area contributed by atoms with Gasteiger partial charge in [-0.15, -0.1) is 5.10 Å². The van der Waals surface area contributed by atoms with Crippen molar-refractivity contribution >= 4 is 17.5 Å². The molecule has 0 unspecified atom stereocenters. The molecule has 3 rings (SSSR count). The van der Waals surface area contributed by atoms with Gasteiger partial charge in [-0.2, -0.15) is 4.68 Å². The second-order valence-corrected chi connectivity index (χ2v) is 7.12. The third kappa shape index (κ3) is 3.71. The molecule has 1 aromatic heterocycles. The van der Waals surface area contributed by atoms with Crippen LogP contribution >= 0.6 is 11.8 Å². The van der Waals surface area contributed by atoms with E-state index in [0.717, 1.165) is 16.8 Å². The molecule has 0 fully saturated rings.